The Labute approximate surface area is 116 Å². The zero-order chi connectivity index (χ0) is 13.7. The summed E-state index contributed by atoms with van der Waals surface area (Å²) in [4.78, 5) is 24.7. The molecule has 1 aromatic carbocycles. The van der Waals surface area contributed by atoms with Gasteiger partial charge in [-0.05, 0) is 18.4 Å². The molecule has 1 aliphatic rings. The average Bonchev–Trinajstić information content (AvgIpc) is 2.33. The number of hydrogen-bond acceptors (Lipinski definition) is 3. The maximum absolute atomic E-state index is 11.7. The topological polar surface area (TPSA) is 57.6 Å². The lowest BCUT2D eigenvalue weighted by Gasteiger charge is -2.31. The number of hydrogen-bond donors (Lipinski definition) is 1. The number of thioether (sulfide) groups is 1. The van der Waals surface area contributed by atoms with Crippen LogP contribution in [0.25, 0.3) is 0 Å². The quantitative estimate of drug-likeness (QED) is 0.860. The largest absolute Gasteiger partial charge is 0.480 e. The SMILES string of the molecule is O=C(O)C(Cc1ccccc1)SCC(=O)N1CCC1. The summed E-state index contributed by atoms with van der Waals surface area (Å²) >= 11 is 1.22. The van der Waals surface area contributed by atoms with Gasteiger partial charge in [-0.15, -0.1) is 11.8 Å². The Bertz CT molecular complexity index is 445. The third-order valence-corrected chi connectivity index (χ3v) is 4.34. The predicted molar refractivity (Wildman–Crippen MR) is 75.2 cm³/mol. The van der Waals surface area contributed by atoms with Crippen molar-refractivity contribution in [3.05, 3.63) is 35.9 Å². The van der Waals surface area contributed by atoms with Crippen LogP contribution in [0.15, 0.2) is 30.3 Å². The van der Waals surface area contributed by atoms with E-state index >= 15 is 0 Å². The Morgan fingerprint density at radius 3 is 2.47 bits per heavy atom. The third kappa shape index (κ3) is 3.99. The molecule has 1 amide bonds. The first kappa shape index (κ1) is 13.9. The van der Waals surface area contributed by atoms with Crippen LogP contribution in [-0.4, -0.2) is 46.0 Å². The number of carbonyl (C=O) groups is 2. The van der Waals surface area contributed by atoms with Gasteiger partial charge in [0.15, 0.2) is 0 Å². The van der Waals surface area contributed by atoms with Crippen LogP contribution in [0.4, 0.5) is 0 Å². The molecule has 1 fully saturated rings. The standard InChI is InChI=1S/C14H17NO3S/c16-13(15-7-4-8-15)10-19-12(14(17)18)9-11-5-2-1-3-6-11/h1-3,5-6,12H,4,7-10H2,(H,17,18). The molecule has 0 bridgehead atoms. The van der Waals surface area contributed by atoms with Crippen LogP contribution in [0, 0.1) is 0 Å². The number of nitrogens with zero attached hydrogens (tertiary/aromatic N) is 1. The minimum atomic E-state index is -0.856. The molecule has 1 aliphatic heterocycles. The second kappa shape index (κ2) is 6.61. The summed E-state index contributed by atoms with van der Waals surface area (Å²) < 4.78 is 0. The Kier molecular flexibility index (Phi) is 4.85. The molecule has 1 unspecified atom stereocenters. The minimum absolute atomic E-state index is 0.0514. The molecule has 2 rings (SSSR count). The molecular weight excluding hydrogens is 262 g/mol. The zero-order valence-electron chi connectivity index (χ0n) is 10.6. The van der Waals surface area contributed by atoms with E-state index in [9.17, 15) is 14.7 Å². The van der Waals surface area contributed by atoms with E-state index in [1.54, 1.807) is 4.90 Å². The molecule has 0 spiro atoms. The lowest BCUT2D eigenvalue weighted by atomic mass is 10.1. The molecule has 1 N–H and O–H groups in total. The number of amides is 1. The summed E-state index contributed by atoms with van der Waals surface area (Å²) in [5.74, 6) is -0.551. The molecular formula is C14H17NO3S. The zero-order valence-corrected chi connectivity index (χ0v) is 11.4. The van der Waals surface area contributed by atoms with Gasteiger partial charge in [-0.2, -0.15) is 0 Å². The molecule has 0 radical (unpaired) electrons. The van der Waals surface area contributed by atoms with Crippen LogP contribution in [0.5, 0.6) is 0 Å². The van der Waals surface area contributed by atoms with Gasteiger partial charge < -0.3 is 10.0 Å². The molecule has 0 aliphatic carbocycles. The highest BCUT2D eigenvalue weighted by atomic mass is 32.2. The Morgan fingerprint density at radius 2 is 1.95 bits per heavy atom. The highest BCUT2D eigenvalue weighted by molar-refractivity contribution is 8.01. The number of benzene rings is 1. The van der Waals surface area contributed by atoms with E-state index in [1.165, 1.54) is 11.8 Å². The van der Waals surface area contributed by atoms with Gasteiger partial charge in [0.1, 0.15) is 5.25 Å². The van der Waals surface area contributed by atoms with Crippen molar-refractivity contribution in [3.63, 3.8) is 0 Å². The summed E-state index contributed by atoms with van der Waals surface area (Å²) in [6.45, 7) is 1.63. The average molecular weight is 279 g/mol. The number of carboxylic acid groups (broad SMARTS) is 1. The van der Waals surface area contributed by atoms with Crippen molar-refractivity contribution in [2.24, 2.45) is 0 Å². The van der Waals surface area contributed by atoms with E-state index in [-0.39, 0.29) is 11.7 Å². The van der Waals surface area contributed by atoms with E-state index in [1.807, 2.05) is 30.3 Å². The molecule has 4 nitrogen and oxygen atoms in total. The molecule has 0 saturated carbocycles. The Morgan fingerprint density at radius 1 is 1.26 bits per heavy atom. The highest BCUT2D eigenvalue weighted by Crippen LogP contribution is 2.19. The van der Waals surface area contributed by atoms with Gasteiger partial charge in [0, 0.05) is 13.1 Å². The van der Waals surface area contributed by atoms with Gasteiger partial charge in [0.2, 0.25) is 5.91 Å². The third-order valence-electron chi connectivity index (χ3n) is 3.16. The molecule has 0 aromatic heterocycles. The highest BCUT2D eigenvalue weighted by Gasteiger charge is 2.24. The van der Waals surface area contributed by atoms with E-state index < -0.39 is 11.2 Å². The van der Waals surface area contributed by atoms with Gasteiger partial charge >= 0.3 is 5.97 Å². The van der Waals surface area contributed by atoms with Gasteiger partial charge in [0.25, 0.3) is 0 Å². The van der Waals surface area contributed by atoms with Gasteiger partial charge in [-0.25, -0.2) is 0 Å². The Balaban J connectivity index is 1.85. The maximum Gasteiger partial charge on any atom is 0.316 e. The first-order chi connectivity index (χ1) is 9.16. The van der Waals surface area contributed by atoms with Gasteiger partial charge in [-0.3, -0.25) is 9.59 Å². The van der Waals surface area contributed by atoms with E-state index in [0.717, 1.165) is 25.1 Å². The van der Waals surface area contributed by atoms with Crippen molar-refractivity contribution in [2.75, 3.05) is 18.8 Å². The van der Waals surface area contributed by atoms with Crippen LogP contribution in [0.2, 0.25) is 0 Å². The molecule has 19 heavy (non-hydrogen) atoms. The number of likely N-dealkylation sites (tertiary alicyclic amines) is 1. The number of carboxylic acids is 1. The van der Waals surface area contributed by atoms with Crippen LogP contribution in [0.3, 0.4) is 0 Å². The summed E-state index contributed by atoms with van der Waals surface area (Å²) in [7, 11) is 0. The van der Waals surface area contributed by atoms with Crippen LogP contribution >= 0.6 is 11.8 Å². The predicted octanol–water partition coefficient (Wildman–Crippen LogP) is 1.65. The summed E-state index contributed by atoms with van der Waals surface area (Å²) in [5.41, 5.74) is 0.985. The number of rotatable bonds is 6. The van der Waals surface area contributed by atoms with Gasteiger partial charge in [0.05, 0.1) is 5.75 Å². The van der Waals surface area contributed by atoms with Crippen LogP contribution in [-0.2, 0) is 16.0 Å². The van der Waals surface area contributed by atoms with Gasteiger partial charge in [-0.1, -0.05) is 30.3 Å². The molecule has 5 heteroatoms. The number of carbonyl (C=O) groups excluding carboxylic acids is 1. The van der Waals surface area contributed by atoms with Crippen molar-refractivity contribution >= 4 is 23.6 Å². The molecule has 1 heterocycles. The normalized spacial score (nSPS) is 15.7. The monoisotopic (exact) mass is 279 g/mol. The second-order valence-electron chi connectivity index (χ2n) is 4.56. The minimum Gasteiger partial charge on any atom is -0.480 e. The lowest BCUT2D eigenvalue weighted by molar-refractivity contribution is -0.136. The second-order valence-corrected chi connectivity index (χ2v) is 5.75. The fourth-order valence-electron chi connectivity index (χ4n) is 1.87. The summed E-state index contributed by atoms with van der Waals surface area (Å²) in [6, 6.07) is 9.51. The van der Waals surface area contributed by atoms with E-state index in [0.29, 0.717) is 6.42 Å². The van der Waals surface area contributed by atoms with E-state index in [2.05, 4.69) is 0 Å². The fourth-order valence-corrected chi connectivity index (χ4v) is 2.85. The van der Waals surface area contributed by atoms with Crippen LogP contribution < -0.4 is 0 Å². The maximum atomic E-state index is 11.7. The summed E-state index contributed by atoms with van der Waals surface area (Å²) in [5, 5.41) is 8.65. The van der Waals surface area contributed by atoms with Crippen molar-refractivity contribution in [1.29, 1.82) is 0 Å². The fraction of sp³-hybridized carbons (Fsp3) is 0.429. The first-order valence-electron chi connectivity index (χ1n) is 6.33. The van der Waals surface area contributed by atoms with Crippen molar-refractivity contribution in [1.82, 2.24) is 4.90 Å². The molecule has 1 aromatic rings. The van der Waals surface area contributed by atoms with Crippen molar-refractivity contribution in [2.45, 2.75) is 18.1 Å². The van der Waals surface area contributed by atoms with Crippen LogP contribution in [0.1, 0.15) is 12.0 Å². The smallest absolute Gasteiger partial charge is 0.316 e. The summed E-state index contributed by atoms with van der Waals surface area (Å²) in [6.07, 6.45) is 1.51. The molecule has 102 valence electrons. The first-order valence-corrected chi connectivity index (χ1v) is 7.38. The van der Waals surface area contributed by atoms with E-state index in [4.69, 9.17) is 0 Å². The molecule has 1 atom stereocenters. The molecule has 1 saturated heterocycles. The van der Waals surface area contributed by atoms with Crippen molar-refractivity contribution < 1.29 is 14.7 Å². The number of aliphatic carboxylic acids is 1. The Hall–Kier alpha value is -1.49. The lowest BCUT2D eigenvalue weighted by Crippen LogP contribution is -2.43. The van der Waals surface area contributed by atoms with Crippen molar-refractivity contribution in [3.8, 4) is 0 Å².